The van der Waals surface area contributed by atoms with Gasteiger partial charge in [-0.05, 0) is 33.1 Å². The third-order valence-corrected chi connectivity index (χ3v) is 2.31. The molecule has 2 nitrogen and oxygen atoms in total. The van der Waals surface area contributed by atoms with Crippen LogP contribution < -0.4 is 0 Å². The summed E-state index contributed by atoms with van der Waals surface area (Å²) in [6, 6.07) is 0. The second-order valence-electron chi connectivity index (χ2n) is 4.67. The standard InChI is InChI=1S/C13H22O2/c1-7-11(4)12(14)13(5,6)15-9-8-10(2)3/h10H,1,8-9H2,2-6H3. The normalized spacial score (nSPS) is 11.3. The Labute approximate surface area is 93.0 Å². The van der Waals surface area contributed by atoms with Crippen LogP contribution in [-0.2, 0) is 9.53 Å². The maximum atomic E-state index is 11.8. The van der Waals surface area contributed by atoms with E-state index in [9.17, 15) is 4.79 Å². The Bertz CT molecular complexity index is 268. The van der Waals surface area contributed by atoms with Gasteiger partial charge in [-0.15, -0.1) is 5.73 Å². The van der Waals surface area contributed by atoms with Crippen molar-refractivity contribution < 1.29 is 9.53 Å². The van der Waals surface area contributed by atoms with Crippen LogP contribution in [0.2, 0.25) is 0 Å². The Morgan fingerprint density at radius 2 is 2.00 bits per heavy atom. The number of ketones is 1. The minimum atomic E-state index is -0.760. The van der Waals surface area contributed by atoms with E-state index in [1.54, 1.807) is 20.8 Å². The van der Waals surface area contributed by atoms with Crippen molar-refractivity contribution in [1.29, 1.82) is 0 Å². The van der Waals surface area contributed by atoms with Gasteiger partial charge in [-0.25, -0.2) is 0 Å². The van der Waals surface area contributed by atoms with Crippen LogP contribution in [0.4, 0.5) is 0 Å². The molecule has 0 aliphatic carbocycles. The van der Waals surface area contributed by atoms with Crippen LogP contribution in [0.1, 0.15) is 41.0 Å². The molecule has 0 aromatic carbocycles. The molecule has 0 N–H and O–H groups in total. The van der Waals surface area contributed by atoms with Crippen LogP contribution >= 0.6 is 0 Å². The minimum Gasteiger partial charge on any atom is -0.367 e. The van der Waals surface area contributed by atoms with Gasteiger partial charge in [0.1, 0.15) is 5.60 Å². The van der Waals surface area contributed by atoms with Gasteiger partial charge < -0.3 is 4.74 Å². The molecule has 0 aromatic rings. The highest BCUT2D eigenvalue weighted by molar-refractivity contribution is 6.00. The average molecular weight is 210 g/mol. The van der Waals surface area contributed by atoms with E-state index < -0.39 is 5.60 Å². The van der Waals surface area contributed by atoms with Gasteiger partial charge in [0.05, 0.1) is 0 Å². The number of carbonyl (C=O) groups excluding carboxylic acids is 1. The quantitative estimate of drug-likeness (QED) is 0.497. The first-order valence-corrected chi connectivity index (χ1v) is 5.36. The van der Waals surface area contributed by atoms with E-state index in [0.717, 1.165) is 6.42 Å². The summed E-state index contributed by atoms with van der Waals surface area (Å²) in [5, 5.41) is 0. The van der Waals surface area contributed by atoms with Crippen molar-refractivity contribution in [1.82, 2.24) is 0 Å². The van der Waals surface area contributed by atoms with Crippen molar-refractivity contribution in [3.8, 4) is 0 Å². The smallest absolute Gasteiger partial charge is 0.197 e. The van der Waals surface area contributed by atoms with Gasteiger partial charge in [-0.1, -0.05) is 20.4 Å². The van der Waals surface area contributed by atoms with Gasteiger partial charge in [-0.2, -0.15) is 0 Å². The van der Waals surface area contributed by atoms with E-state index >= 15 is 0 Å². The van der Waals surface area contributed by atoms with Crippen LogP contribution in [0.3, 0.4) is 0 Å². The molecule has 86 valence electrons. The predicted molar refractivity (Wildman–Crippen MR) is 62.8 cm³/mol. The van der Waals surface area contributed by atoms with E-state index in [2.05, 4.69) is 26.2 Å². The van der Waals surface area contributed by atoms with Gasteiger partial charge in [0.15, 0.2) is 5.78 Å². The zero-order valence-electron chi connectivity index (χ0n) is 10.5. The van der Waals surface area contributed by atoms with Crippen LogP contribution in [0.25, 0.3) is 0 Å². The Morgan fingerprint density at radius 1 is 1.47 bits per heavy atom. The Kier molecular flexibility index (Phi) is 5.56. The number of Topliss-reactive ketones (excluding diaryl/α,β-unsaturated/α-hetero) is 1. The number of ether oxygens (including phenoxy) is 1. The van der Waals surface area contributed by atoms with Gasteiger partial charge in [0, 0.05) is 12.2 Å². The van der Waals surface area contributed by atoms with Crippen molar-refractivity contribution in [2.24, 2.45) is 5.92 Å². The van der Waals surface area contributed by atoms with Crippen LogP contribution in [-0.4, -0.2) is 18.0 Å². The molecule has 0 bridgehead atoms. The zero-order valence-corrected chi connectivity index (χ0v) is 10.5. The zero-order chi connectivity index (χ0) is 12.1. The highest BCUT2D eigenvalue weighted by Gasteiger charge is 2.29. The summed E-state index contributed by atoms with van der Waals surface area (Å²) in [7, 11) is 0. The number of rotatable bonds is 6. The molecular formula is C13H22O2. The molecule has 0 rings (SSSR count). The fraction of sp³-hybridized carbons (Fsp3) is 0.692. The summed E-state index contributed by atoms with van der Waals surface area (Å²) in [6.07, 6.45) is 0.966. The molecule has 0 radical (unpaired) electrons. The first-order chi connectivity index (χ1) is 6.81. The van der Waals surface area contributed by atoms with E-state index in [1.807, 2.05) is 0 Å². The maximum absolute atomic E-state index is 11.8. The summed E-state index contributed by atoms with van der Waals surface area (Å²) >= 11 is 0. The largest absolute Gasteiger partial charge is 0.367 e. The average Bonchev–Trinajstić information content (AvgIpc) is 2.14. The minimum absolute atomic E-state index is 0.0405. The van der Waals surface area contributed by atoms with Gasteiger partial charge in [0.25, 0.3) is 0 Å². The molecule has 0 fully saturated rings. The van der Waals surface area contributed by atoms with E-state index in [0.29, 0.717) is 18.1 Å². The third-order valence-electron chi connectivity index (χ3n) is 2.31. The molecule has 0 amide bonds. The van der Waals surface area contributed by atoms with Crippen LogP contribution in [0.15, 0.2) is 17.9 Å². The monoisotopic (exact) mass is 210 g/mol. The van der Waals surface area contributed by atoms with Gasteiger partial charge in [-0.3, -0.25) is 4.79 Å². The predicted octanol–water partition coefficient (Wildman–Crippen LogP) is 3.13. The van der Waals surface area contributed by atoms with Gasteiger partial charge in [0.2, 0.25) is 0 Å². The number of hydrogen-bond acceptors (Lipinski definition) is 2. The Hall–Kier alpha value is -0.850. The molecule has 0 heterocycles. The molecule has 0 spiro atoms. The maximum Gasteiger partial charge on any atom is 0.197 e. The molecule has 0 aliphatic rings. The van der Waals surface area contributed by atoms with E-state index in [1.165, 1.54) is 0 Å². The fourth-order valence-corrected chi connectivity index (χ4v) is 1.15. The molecule has 0 saturated carbocycles. The second-order valence-corrected chi connectivity index (χ2v) is 4.67. The summed E-state index contributed by atoms with van der Waals surface area (Å²) in [5.74, 6) is 0.549. The lowest BCUT2D eigenvalue weighted by atomic mass is 9.98. The molecule has 0 unspecified atom stereocenters. The molecule has 0 aliphatic heterocycles. The number of carbonyl (C=O) groups is 1. The van der Waals surface area contributed by atoms with E-state index in [-0.39, 0.29) is 5.78 Å². The van der Waals surface area contributed by atoms with Crippen molar-refractivity contribution in [3.63, 3.8) is 0 Å². The lowest BCUT2D eigenvalue weighted by molar-refractivity contribution is -0.136. The highest BCUT2D eigenvalue weighted by Crippen LogP contribution is 2.16. The topological polar surface area (TPSA) is 26.3 Å². The summed E-state index contributed by atoms with van der Waals surface area (Å²) in [6.45, 7) is 13.6. The lowest BCUT2D eigenvalue weighted by Crippen LogP contribution is -2.36. The first-order valence-electron chi connectivity index (χ1n) is 5.36. The van der Waals surface area contributed by atoms with Crippen LogP contribution in [0, 0.1) is 5.92 Å². The number of hydrogen-bond donors (Lipinski definition) is 0. The highest BCUT2D eigenvalue weighted by atomic mass is 16.5. The van der Waals surface area contributed by atoms with Crippen molar-refractivity contribution in [3.05, 3.63) is 17.9 Å². The third kappa shape index (κ3) is 4.96. The van der Waals surface area contributed by atoms with Crippen molar-refractivity contribution in [2.75, 3.05) is 6.61 Å². The van der Waals surface area contributed by atoms with E-state index in [4.69, 9.17) is 4.74 Å². The molecule has 0 aromatic heterocycles. The SMILES string of the molecule is C=C=C(C)C(=O)C(C)(C)OCCC(C)C. The molecule has 2 heteroatoms. The van der Waals surface area contributed by atoms with Crippen LogP contribution in [0.5, 0.6) is 0 Å². The second kappa shape index (κ2) is 5.89. The molecule has 0 saturated heterocycles. The summed E-state index contributed by atoms with van der Waals surface area (Å²) in [4.78, 5) is 11.8. The van der Waals surface area contributed by atoms with Crippen molar-refractivity contribution >= 4 is 5.78 Å². The molecule has 15 heavy (non-hydrogen) atoms. The van der Waals surface area contributed by atoms with Crippen molar-refractivity contribution in [2.45, 2.75) is 46.6 Å². The lowest BCUT2D eigenvalue weighted by Gasteiger charge is -2.24. The Morgan fingerprint density at radius 3 is 2.40 bits per heavy atom. The van der Waals surface area contributed by atoms with Gasteiger partial charge >= 0.3 is 0 Å². The summed E-state index contributed by atoms with van der Waals surface area (Å²) < 4.78 is 5.59. The molecule has 0 atom stereocenters. The molecular weight excluding hydrogens is 188 g/mol. The Balaban J connectivity index is 4.29. The fourth-order valence-electron chi connectivity index (χ4n) is 1.15. The first kappa shape index (κ1) is 14.2. The summed E-state index contributed by atoms with van der Waals surface area (Å²) in [5.41, 5.74) is 2.38.